The van der Waals surface area contributed by atoms with Crippen LogP contribution in [0.15, 0.2) is 30.7 Å². The Kier molecular flexibility index (Phi) is 3.66. The highest BCUT2D eigenvalue weighted by molar-refractivity contribution is 5.94. The van der Waals surface area contributed by atoms with Crippen molar-refractivity contribution in [1.29, 1.82) is 0 Å². The topological polar surface area (TPSA) is 92.2 Å². The number of aromatic nitrogens is 2. The summed E-state index contributed by atoms with van der Waals surface area (Å²) in [5.41, 5.74) is 0. The summed E-state index contributed by atoms with van der Waals surface area (Å²) in [4.78, 5) is 30.8. The molecule has 0 aromatic carbocycles. The molecular formula is C12H13N3O3. The number of carbonyl (C=O) groups excluding carboxylic acids is 1. The molecule has 2 atom stereocenters. The Morgan fingerprint density at radius 2 is 1.94 bits per heavy atom. The summed E-state index contributed by atoms with van der Waals surface area (Å²) in [5, 5.41) is 11.7. The van der Waals surface area contributed by atoms with Gasteiger partial charge in [-0.25, -0.2) is 4.98 Å². The maximum Gasteiger partial charge on any atom is 0.307 e. The first-order valence-electron chi connectivity index (χ1n) is 5.63. The minimum Gasteiger partial charge on any atom is -0.481 e. The summed E-state index contributed by atoms with van der Waals surface area (Å²) >= 11 is 0. The lowest BCUT2D eigenvalue weighted by Gasteiger charge is -2.23. The zero-order valence-corrected chi connectivity index (χ0v) is 9.61. The number of amides is 1. The molecule has 0 aliphatic heterocycles. The molecule has 1 heterocycles. The van der Waals surface area contributed by atoms with Crippen molar-refractivity contribution in [2.75, 3.05) is 5.32 Å². The Morgan fingerprint density at radius 3 is 2.56 bits per heavy atom. The van der Waals surface area contributed by atoms with Crippen molar-refractivity contribution in [1.82, 2.24) is 9.97 Å². The third kappa shape index (κ3) is 2.71. The first-order valence-corrected chi connectivity index (χ1v) is 5.63. The Balaban J connectivity index is 2.08. The minimum absolute atomic E-state index is 0.327. The number of aliphatic carboxylic acids is 1. The van der Waals surface area contributed by atoms with Crippen LogP contribution in [-0.4, -0.2) is 27.0 Å². The molecule has 1 aliphatic carbocycles. The first-order chi connectivity index (χ1) is 8.68. The van der Waals surface area contributed by atoms with Gasteiger partial charge in [-0.3, -0.25) is 14.6 Å². The molecule has 1 amide bonds. The van der Waals surface area contributed by atoms with Gasteiger partial charge in [0.25, 0.3) is 0 Å². The van der Waals surface area contributed by atoms with Gasteiger partial charge in [-0.1, -0.05) is 12.2 Å². The van der Waals surface area contributed by atoms with Gasteiger partial charge in [-0.15, -0.1) is 0 Å². The number of nitrogens with zero attached hydrogens (tertiary/aromatic N) is 2. The summed E-state index contributed by atoms with van der Waals surface area (Å²) in [6, 6.07) is 0. The molecule has 1 aliphatic rings. The van der Waals surface area contributed by atoms with E-state index >= 15 is 0 Å². The molecule has 6 heteroatoms. The minimum atomic E-state index is -0.946. The van der Waals surface area contributed by atoms with E-state index in [1.807, 2.05) is 6.08 Å². The van der Waals surface area contributed by atoms with Gasteiger partial charge in [-0.05, 0) is 12.8 Å². The highest BCUT2D eigenvalue weighted by atomic mass is 16.4. The average molecular weight is 247 g/mol. The lowest BCUT2D eigenvalue weighted by Crippen LogP contribution is -2.34. The molecule has 0 saturated carbocycles. The second-order valence-corrected chi connectivity index (χ2v) is 4.07. The van der Waals surface area contributed by atoms with E-state index in [1.165, 1.54) is 18.6 Å². The van der Waals surface area contributed by atoms with Gasteiger partial charge in [0.05, 0.1) is 18.0 Å². The smallest absolute Gasteiger partial charge is 0.307 e. The van der Waals surface area contributed by atoms with E-state index in [-0.39, 0.29) is 5.91 Å². The van der Waals surface area contributed by atoms with Crippen LogP contribution >= 0.6 is 0 Å². The van der Waals surface area contributed by atoms with E-state index in [1.54, 1.807) is 6.08 Å². The van der Waals surface area contributed by atoms with Gasteiger partial charge in [0.2, 0.25) is 5.91 Å². The van der Waals surface area contributed by atoms with Crippen molar-refractivity contribution >= 4 is 17.7 Å². The second-order valence-electron chi connectivity index (χ2n) is 4.07. The molecule has 0 fully saturated rings. The van der Waals surface area contributed by atoms with Gasteiger partial charge in [0, 0.05) is 12.4 Å². The fraction of sp³-hybridized carbons (Fsp3) is 0.333. The van der Waals surface area contributed by atoms with Crippen LogP contribution in [-0.2, 0) is 9.59 Å². The number of allylic oxidation sites excluding steroid dienone is 2. The Labute approximate surface area is 104 Å². The molecule has 0 saturated heterocycles. The number of carbonyl (C=O) groups is 2. The quantitative estimate of drug-likeness (QED) is 0.780. The van der Waals surface area contributed by atoms with E-state index in [0.717, 1.165) is 0 Å². The summed E-state index contributed by atoms with van der Waals surface area (Å²) in [7, 11) is 0. The molecule has 2 rings (SSSR count). The van der Waals surface area contributed by atoms with Crippen molar-refractivity contribution in [3.05, 3.63) is 30.7 Å². The van der Waals surface area contributed by atoms with Crippen LogP contribution < -0.4 is 5.32 Å². The Hall–Kier alpha value is -2.24. The van der Waals surface area contributed by atoms with Crippen molar-refractivity contribution in [3.63, 3.8) is 0 Å². The van der Waals surface area contributed by atoms with E-state index in [0.29, 0.717) is 18.7 Å². The molecule has 0 bridgehead atoms. The van der Waals surface area contributed by atoms with Crippen LogP contribution in [0.25, 0.3) is 0 Å². The van der Waals surface area contributed by atoms with Crippen molar-refractivity contribution in [2.45, 2.75) is 12.8 Å². The van der Waals surface area contributed by atoms with E-state index < -0.39 is 17.8 Å². The molecular weight excluding hydrogens is 234 g/mol. The highest BCUT2D eigenvalue weighted by Crippen LogP contribution is 2.26. The summed E-state index contributed by atoms with van der Waals surface area (Å²) < 4.78 is 0. The largest absolute Gasteiger partial charge is 0.481 e. The zero-order valence-electron chi connectivity index (χ0n) is 9.61. The maximum absolute atomic E-state index is 12.0. The highest BCUT2D eigenvalue weighted by Gasteiger charge is 2.34. The molecule has 94 valence electrons. The molecule has 2 N–H and O–H groups in total. The third-order valence-corrected chi connectivity index (χ3v) is 2.90. The van der Waals surface area contributed by atoms with Gasteiger partial charge >= 0.3 is 5.97 Å². The summed E-state index contributed by atoms with van der Waals surface area (Å²) in [6.45, 7) is 0. The lowest BCUT2D eigenvalue weighted by atomic mass is 9.82. The Morgan fingerprint density at radius 1 is 1.22 bits per heavy atom. The monoisotopic (exact) mass is 247 g/mol. The fourth-order valence-electron chi connectivity index (χ4n) is 1.96. The average Bonchev–Trinajstić information content (AvgIpc) is 2.40. The zero-order chi connectivity index (χ0) is 13.0. The predicted octanol–water partition coefficient (Wildman–Crippen LogP) is 1.08. The fourth-order valence-corrected chi connectivity index (χ4v) is 1.96. The third-order valence-electron chi connectivity index (χ3n) is 2.90. The number of carboxylic acids is 1. The van der Waals surface area contributed by atoms with Crippen molar-refractivity contribution < 1.29 is 14.7 Å². The van der Waals surface area contributed by atoms with Gasteiger partial charge in [0.1, 0.15) is 0 Å². The van der Waals surface area contributed by atoms with Gasteiger partial charge in [-0.2, -0.15) is 0 Å². The standard InChI is InChI=1S/C12H13N3O3/c16-11(15-10-7-13-5-6-14-10)8-3-1-2-4-9(8)12(17)18/h1-2,5-9H,3-4H2,(H,17,18)(H,14,15,16). The van der Waals surface area contributed by atoms with Crippen LogP contribution in [0.2, 0.25) is 0 Å². The van der Waals surface area contributed by atoms with Crippen LogP contribution in [0.3, 0.4) is 0 Å². The molecule has 0 radical (unpaired) electrons. The normalized spacial score (nSPS) is 22.4. The molecule has 6 nitrogen and oxygen atoms in total. The number of rotatable bonds is 3. The molecule has 1 aromatic heterocycles. The number of hydrogen-bond donors (Lipinski definition) is 2. The summed E-state index contributed by atoms with van der Waals surface area (Å²) in [6.07, 6.45) is 8.83. The number of hydrogen-bond acceptors (Lipinski definition) is 4. The summed E-state index contributed by atoms with van der Waals surface area (Å²) in [5.74, 6) is -2.17. The molecule has 0 spiro atoms. The maximum atomic E-state index is 12.0. The van der Waals surface area contributed by atoms with Crippen LogP contribution in [0, 0.1) is 11.8 Å². The van der Waals surface area contributed by atoms with E-state index in [2.05, 4.69) is 15.3 Å². The van der Waals surface area contributed by atoms with Gasteiger partial charge in [0.15, 0.2) is 5.82 Å². The molecule has 18 heavy (non-hydrogen) atoms. The SMILES string of the molecule is O=C(O)C1CC=CCC1C(=O)Nc1cnccn1. The van der Waals surface area contributed by atoms with Crippen LogP contribution in [0.5, 0.6) is 0 Å². The van der Waals surface area contributed by atoms with Gasteiger partial charge < -0.3 is 10.4 Å². The van der Waals surface area contributed by atoms with Crippen molar-refractivity contribution in [2.24, 2.45) is 11.8 Å². The predicted molar refractivity (Wildman–Crippen MR) is 63.7 cm³/mol. The Bertz CT molecular complexity index is 473. The lowest BCUT2D eigenvalue weighted by molar-refractivity contribution is -0.146. The number of carboxylic acid groups (broad SMARTS) is 1. The molecule has 2 unspecified atom stereocenters. The first kappa shape index (κ1) is 12.2. The van der Waals surface area contributed by atoms with Crippen molar-refractivity contribution in [3.8, 4) is 0 Å². The van der Waals surface area contributed by atoms with E-state index in [9.17, 15) is 9.59 Å². The number of anilines is 1. The van der Waals surface area contributed by atoms with E-state index in [4.69, 9.17) is 5.11 Å². The van der Waals surface area contributed by atoms with Crippen LogP contribution in [0.1, 0.15) is 12.8 Å². The second kappa shape index (κ2) is 5.39. The molecule has 1 aromatic rings. The number of nitrogens with one attached hydrogen (secondary N) is 1. The van der Waals surface area contributed by atoms with Crippen LogP contribution in [0.4, 0.5) is 5.82 Å².